The highest BCUT2D eigenvalue weighted by atomic mass is 16.6. The molecule has 1 aromatic heterocycles. The van der Waals surface area contributed by atoms with Crippen molar-refractivity contribution in [2.24, 2.45) is 0 Å². The third kappa shape index (κ3) is 4.91. The van der Waals surface area contributed by atoms with E-state index in [4.69, 9.17) is 19.9 Å². The monoisotopic (exact) mass is 382 g/mol. The molecule has 0 aliphatic carbocycles. The summed E-state index contributed by atoms with van der Waals surface area (Å²) in [5.74, 6) is -0.255. The summed E-state index contributed by atoms with van der Waals surface area (Å²) in [6.07, 6.45) is 1.34. The van der Waals surface area contributed by atoms with Crippen molar-refractivity contribution in [3.05, 3.63) is 11.3 Å². The van der Waals surface area contributed by atoms with Crippen LogP contribution in [-0.4, -0.2) is 59.2 Å². The van der Waals surface area contributed by atoms with E-state index in [0.717, 1.165) is 12.8 Å². The lowest BCUT2D eigenvalue weighted by molar-refractivity contribution is -0.0332. The lowest BCUT2D eigenvalue weighted by Crippen LogP contribution is -2.46. The summed E-state index contributed by atoms with van der Waals surface area (Å²) in [5, 5.41) is 4.34. The maximum absolute atomic E-state index is 12.7. The van der Waals surface area contributed by atoms with Crippen LogP contribution in [0.1, 0.15) is 62.6 Å². The number of carbonyl (C=O) groups excluding carboxylic acids is 2. The van der Waals surface area contributed by atoms with Crippen molar-refractivity contribution in [2.75, 3.05) is 32.6 Å². The Morgan fingerprint density at radius 1 is 1.37 bits per heavy atom. The van der Waals surface area contributed by atoms with Crippen LogP contribution in [0, 0.1) is 0 Å². The minimum absolute atomic E-state index is 0.107. The van der Waals surface area contributed by atoms with Gasteiger partial charge in [-0.1, -0.05) is 13.3 Å². The van der Waals surface area contributed by atoms with Crippen LogP contribution in [0.4, 0.5) is 10.6 Å². The normalized spacial score (nSPS) is 17.7. The van der Waals surface area contributed by atoms with Crippen LogP contribution in [0.25, 0.3) is 0 Å². The van der Waals surface area contributed by atoms with Crippen LogP contribution in [-0.2, 0) is 20.8 Å². The fourth-order valence-corrected chi connectivity index (χ4v) is 2.93. The summed E-state index contributed by atoms with van der Waals surface area (Å²) >= 11 is 0. The highest BCUT2D eigenvalue weighted by molar-refractivity contribution is 5.91. The summed E-state index contributed by atoms with van der Waals surface area (Å²) in [6, 6.07) is -0.571. The van der Waals surface area contributed by atoms with Crippen molar-refractivity contribution >= 4 is 17.9 Å². The van der Waals surface area contributed by atoms with Gasteiger partial charge in [0.2, 0.25) is 0 Å². The smallest absolute Gasteiger partial charge is 0.410 e. The fourth-order valence-electron chi connectivity index (χ4n) is 2.93. The molecule has 0 spiro atoms. The molecule has 0 saturated carbocycles. The molecule has 9 heteroatoms. The predicted molar refractivity (Wildman–Crippen MR) is 99.4 cm³/mol. The van der Waals surface area contributed by atoms with Gasteiger partial charge in [-0.25, -0.2) is 14.3 Å². The number of unbranched alkanes of at least 4 members (excludes halogenated alkanes) is 1. The molecule has 1 atom stereocenters. The van der Waals surface area contributed by atoms with Gasteiger partial charge in [-0.15, -0.1) is 0 Å². The van der Waals surface area contributed by atoms with Crippen LogP contribution in [0.3, 0.4) is 0 Å². The zero-order chi connectivity index (χ0) is 20.2. The van der Waals surface area contributed by atoms with Gasteiger partial charge in [-0.3, -0.25) is 4.90 Å². The molecule has 9 nitrogen and oxygen atoms in total. The van der Waals surface area contributed by atoms with Gasteiger partial charge in [-0.2, -0.15) is 5.10 Å². The Hall–Kier alpha value is -2.29. The van der Waals surface area contributed by atoms with Gasteiger partial charge in [0.15, 0.2) is 5.69 Å². The highest BCUT2D eigenvalue weighted by Gasteiger charge is 2.38. The maximum Gasteiger partial charge on any atom is 0.410 e. The lowest BCUT2D eigenvalue weighted by Gasteiger charge is -2.36. The SMILES string of the molecule is CCCCn1nc(C(=O)OC)c(C2COCCN2C(=O)OC(C)(C)C)c1N. The molecule has 0 bridgehead atoms. The second-order valence-corrected chi connectivity index (χ2v) is 7.48. The number of rotatable bonds is 5. The molecule has 2 N–H and O–H groups in total. The number of hydrogen-bond donors (Lipinski definition) is 1. The van der Waals surface area contributed by atoms with Gasteiger partial charge in [-0.05, 0) is 27.2 Å². The summed E-state index contributed by atoms with van der Waals surface area (Å²) in [6.45, 7) is 8.96. The number of aromatic nitrogens is 2. The van der Waals surface area contributed by atoms with E-state index in [1.165, 1.54) is 7.11 Å². The first-order valence-electron chi connectivity index (χ1n) is 9.21. The Bertz CT molecular complexity index is 680. The standard InChI is InChI=1S/C18H30N4O5/c1-6-7-8-22-15(19)13(14(20-22)16(23)25-5)12-11-26-10-9-21(12)17(24)27-18(2,3)4/h12H,6-11,19H2,1-5H3. The van der Waals surface area contributed by atoms with Crippen LogP contribution >= 0.6 is 0 Å². The Balaban J connectivity index is 2.43. The molecule has 1 aromatic rings. The number of methoxy groups -OCH3 is 1. The van der Waals surface area contributed by atoms with Crippen molar-refractivity contribution < 1.29 is 23.8 Å². The number of morpholine rings is 1. The average molecular weight is 382 g/mol. The number of aryl methyl sites for hydroxylation is 1. The molecular weight excluding hydrogens is 352 g/mol. The summed E-state index contributed by atoms with van der Waals surface area (Å²) in [4.78, 5) is 26.5. The van der Waals surface area contributed by atoms with Crippen molar-refractivity contribution in [3.8, 4) is 0 Å². The molecule has 1 aliphatic rings. The van der Waals surface area contributed by atoms with Gasteiger partial charge in [0.25, 0.3) is 0 Å². The van der Waals surface area contributed by atoms with E-state index in [-0.39, 0.29) is 12.3 Å². The molecule has 0 radical (unpaired) electrons. The lowest BCUT2D eigenvalue weighted by atomic mass is 10.0. The first-order valence-corrected chi connectivity index (χ1v) is 9.21. The van der Waals surface area contributed by atoms with Crippen LogP contribution in [0.5, 0.6) is 0 Å². The summed E-state index contributed by atoms with van der Waals surface area (Å²) in [5.41, 5.74) is 6.23. The molecule has 1 saturated heterocycles. The van der Waals surface area contributed by atoms with E-state index in [1.807, 2.05) is 0 Å². The number of anilines is 1. The third-order valence-corrected chi connectivity index (χ3v) is 4.22. The number of amides is 1. The number of nitrogens with zero attached hydrogens (tertiary/aromatic N) is 3. The number of esters is 1. The summed E-state index contributed by atoms with van der Waals surface area (Å²) < 4.78 is 17.5. The molecule has 0 aromatic carbocycles. The average Bonchev–Trinajstić information content (AvgIpc) is 2.94. The second kappa shape index (κ2) is 8.60. The molecule has 2 heterocycles. The van der Waals surface area contributed by atoms with E-state index < -0.39 is 23.7 Å². The number of nitrogen functional groups attached to an aromatic ring is 1. The molecule has 1 aliphatic heterocycles. The van der Waals surface area contributed by atoms with Crippen molar-refractivity contribution in [2.45, 2.75) is 58.7 Å². The zero-order valence-electron chi connectivity index (χ0n) is 16.8. The maximum atomic E-state index is 12.7. The Morgan fingerprint density at radius 2 is 2.07 bits per heavy atom. The Kier molecular flexibility index (Phi) is 6.69. The van der Waals surface area contributed by atoms with Crippen LogP contribution < -0.4 is 5.73 Å². The molecule has 1 amide bonds. The molecule has 2 rings (SSSR count). The first kappa shape index (κ1) is 21.0. The molecule has 1 fully saturated rings. The highest BCUT2D eigenvalue weighted by Crippen LogP contribution is 2.33. The van der Waals surface area contributed by atoms with Gasteiger partial charge in [0.1, 0.15) is 11.4 Å². The molecule has 27 heavy (non-hydrogen) atoms. The summed E-state index contributed by atoms with van der Waals surface area (Å²) in [7, 11) is 1.29. The van der Waals surface area contributed by atoms with Gasteiger partial charge in [0.05, 0.1) is 31.9 Å². The van der Waals surface area contributed by atoms with Crippen molar-refractivity contribution in [1.82, 2.24) is 14.7 Å². The van der Waals surface area contributed by atoms with Gasteiger partial charge in [0, 0.05) is 13.1 Å². The third-order valence-electron chi connectivity index (χ3n) is 4.22. The van der Waals surface area contributed by atoms with Crippen LogP contribution in [0.2, 0.25) is 0 Å². The van der Waals surface area contributed by atoms with E-state index in [2.05, 4.69) is 12.0 Å². The Labute approximate surface area is 159 Å². The largest absolute Gasteiger partial charge is 0.464 e. The molecular formula is C18H30N4O5. The minimum Gasteiger partial charge on any atom is -0.464 e. The van der Waals surface area contributed by atoms with E-state index in [1.54, 1.807) is 30.4 Å². The Morgan fingerprint density at radius 3 is 2.67 bits per heavy atom. The molecule has 152 valence electrons. The number of nitrogens with two attached hydrogens (primary N) is 1. The van der Waals surface area contributed by atoms with E-state index in [0.29, 0.717) is 31.1 Å². The van der Waals surface area contributed by atoms with Crippen molar-refractivity contribution in [1.29, 1.82) is 0 Å². The van der Waals surface area contributed by atoms with E-state index in [9.17, 15) is 9.59 Å². The number of carbonyl (C=O) groups is 2. The number of ether oxygens (including phenoxy) is 3. The van der Waals surface area contributed by atoms with Gasteiger partial charge < -0.3 is 19.9 Å². The predicted octanol–water partition coefficient (Wildman–Crippen LogP) is 2.36. The first-order chi connectivity index (χ1) is 12.7. The minimum atomic E-state index is -0.637. The molecule has 1 unspecified atom stereocenters. The van der Waals surface area contributed by atoms with Crippen molar-refractivity contribution in [3.63, 3.8) is 0 Å². The number of hydrogen-bond acceptors (Lipinski definition) is 7. The zero-order valence-corrected chi connectivity index (χ0v) is 16.8. The second-order valence-electron chi connectivity index (χ2n) is 7.48. The fraction of sp³-hybridized carbons (Fsp3) is 0.722. The quantitative estimate of drug-likeness (QED) is 0.779. The van der Waals surface area contributed by atoms with Gasteiger partial charge >= 0.3 is 12.1 Å². The van der Waals surface area contributed by atoms with E-state index >= 15 is 0 Å². The van der Waals surface area contributed by atoms with Crippen LogP contribution in [0.15, 0.2) is 0 Å². The topological polar surface area (TPSA) is 109 Å².